The zero-order valence-electron chi connectivity index (χ0n) is 13.8. The second-order valence-corrected chi connectivity index (χ2v) is 6.23. The van der Waals surface area contributed by atoms with Gasteiger partial charge in [-0.2, -0.15) is 5.10 Å². The van der Waals surface area contributed by atoms with Gasteiger partial charge in [0.25, 0.3) is 5.56 Å². The lowest BCUT2D eigenvalue weighted by Gasteiger charge is -2.18. The van der Waals surface area contributed by atoms with Crippen LogP contribution >= 0.6 is 11.6 Å². The monoisotopic (exact) mass is 363 g/mol. The number of nitrogens with zero attached hydrogens (tertiary/aromatic N) is 2. The number of halogens is 1. The summed E-state index contributed by atoms with van der Waals surface area (Å²) in [5.41, 5.74) is 0.600. The highest BCUT2D eigenvalue weighted by Crippen LogP contribution is 2.24. The first kappa shape index (κ1) is 18.7. The number of carboxylic acid groups (broad SMARTS) is 1. The number of carboxylic acids is 1. The number of carbonyl (C=O) groups excluding carboxylic acids is 1. The first-order chi connectivity index (χ1) is 11.8. The van der Waals surface area contributed by atoms with E-state index in [4.69, 9.17) is 16.7 Å². The molecule has 0 aliphatic heterocycles. The first-order valence-electron chi connectivity index (χ1n) is 7.65. The van der Waals surface area contributed by atoms with Crippen LogP contribution in [0.4, 0.5) is 0 Å². The molecule has 0 spiro atoms. The van der Waals surface area contributed by atoms with Crippen molar-refractivity contribution in [3.05, 3.63) is 51.8 Å². The molecule has 0 bridgehead atoms. The second kappa shape index (κ2) is 7.94. The van der Waals surface area contributed by atoms with Gasteiger partial charge in [-0.25, -0.2) is 9.48 Å². The predicted molar refractivity (Wildman–Crippen MR) is 93.3 cm³/mol. The summed E-state index contributed by atoms with van der Waals surface area (Å²) < 4.78 is 0.979. The van der Waals surface area contributed by atoms with Crippen LogP contribution in [0.3, 0.4) is 0 Å². The van der Waals surface area contributed by atoms with Crippen molar-refractivity contribution < 1.29 is 14.7 Å². The van der Waals surface area contributed by atoms with Crippen LogP contribution in [0, 0.1) is 5.92 Å². The predicted octanol–water partition coefficient (Wildman–Crippen LogP) is 1.79. The van der Waals surface area contributed by atoms with Crippen molar-refractivity contribution in [3.8, 4) is 11.3 Å². The van der Waals surface area contributed by atoms with Crippen molar-refractivity contribution >= 4 is 23.5 Å². The average Bonchev–Trinajstić information content (AvgIpc) is 2.54. The summed E-state index contributed by atoms with van der Waals surface area (Å²) in [6.07, 6.45) is 0. The van der Waals surface area contributed by atoms with Crippen molar-refractivity contribution in [1.82, 2.24) is 15.1 Å². The maximum atomic E-state index is 12.1. The molecule has 1 amide bonds. The van der Waals surface area contributed by atoms with Gasteiger partial charge in [0, 0.05) is 11.6 Å². The molecule has 7 nitrogen and oxygen atoms in total. The highest BCUT2D eigenvalue weighted by molar-refractivity contribution is 6.33. The van der Waals surface area contributed by atoms with Gasteiger partial charge in [0.05, 0.1) is 10.7 Å². The van der Waals surface area contributed by atoms with Crippen LogP contribution in [0.25, 0.3) is 11.3 Å². The Morgan fingerprint density at radius 2 is 1.92 bits per heavy atom. The molecule has 1 unspecified atom stereocenters. The van der Waals surface area contributed by atoms with E-state index in [0.717, 1.165) is 4.68 Å². The number of nitrogens with one attached hydrogen (secondary N) is 1. The Bertz CT molecular complexity index is 848. The van der Waals surface area contributed by atoms with Gasteiger partial charge in [0.2, 0.25) is 5.91 Å². The van der Waals surface area contributed by atoms with E-state index in [9.17, 15) is 14.4 Å². The zero-order chi connectivity index (χ0) is 18.6. The summed E-state index contributed by atoms with van der Waals surface area (Å²) in [6, 6.07) is 8.77. The summed E-state index contributed by atoms with van der Waals surface area (Å²) in [7, 11) is 0. The van der Waals surface area contributed by atoms with Gasteiger partial charge in [-0.1, -0.05) is 43.6 Å². The number of amides is 1. The van der Waals surface area contributed by atoms with Crippen molar-refractivity contribution in [3.63, 3.8) is 0 Å². The van der Waals surface area contributed by atoms with Crippen molar-refractivity contribution in [1.29, 1.82) is 0 Å². The molecule has 0 fully saturated rings. The number of carbonyl (C=O) groups is 2. The lowest BCUT2D eigenvalue weighted by molar-refractivity contribution is -0.143. The van der Waals surface area contributed by atoms with Gasteiger partial charge < -0.3 is 10.4 Å². The molecule has 0 saturated carbocycles. The minimum absolute atomic E-state index is 0.291. The van der Waals surface area contributed by atoms with E-state index in [1.165, 1.54) is 12.1 Å². The number of aromatic nitrogens is 2. The van der Waals surface area contributed by atoms with Crippen molar-refractivity contribution in [2.75, 3.05) is 0 Å². The van der Waals surface area contributed by atoms with Crippen LogP contribution in [0.5, 0.6) is 0 Å². The Morgan fingerprint density at radius 1 is 1.24 bits per heavy atom. The van der Waals surface area contributed by atoms with Crippen molar-refractivity contribution in [2.45, 2.75) is 26.4 Å². The molecule has 8 heteroatoms. The zero-order valence-corrected chi connectivity index (χ0v) is 14.5. The van der Waals surface area contributed by atoms with Gasteiger partial charge in [0.1, 0.15) is 12.6 Å². The Kier molecular flexibility index (Phi) is 5.93. The maximum Gasteiger partial charge on any atom is 0.326 e. The van der Waals surface area contributed by atoms with Crippen LogP contribution in [-0.2, 0) is 16.1 Å². The van der Waals surface area contributed by atoms with E-state index in [2.05, 4.69) is 10.4 Å². The second-order valence-electron chi connectivity index (χ2n) is 5.82. The number of benzene rings is 1. The molecular weight excluding hydrogens is 346 g/mol. The highest BCUT2D eigenvalue weighted by atomic mass is 35.5. The van der Waals surface area contributed by atoms with Gasteiger partial charge in [-0.15, -0.1) is 0 Å². The Morgan fingerprint density at radius 3 is 2.52 bits per heavy atom. The third-order valence-corrected chi connectivity index (χ3v) is 3.89. The fraction of sp³-hybridized carbons (Fsp3) is 0.294. The van der Waals surface area contributed by atoms with Crippen molar-refractivity contribution in [2.24, 2.45) is 5.92 Å². The van der Waals surface area contributed by atoms with E-state index < -0.39 is 23.5 Å². The molecule has 0 radical (unpaired) electrons. The average molecular weight is 364 g/mol. The Hall–Kier alpha value is -2.67. The maximum absolute atomic E-state index is 12.1. The lowest BCUT2D eigenvalue weighted by Crippen LogP contribution is -2.46. The van der Waals surface area contributed by atoms with Gasteiger partial charge in [0.15, 0.2) is 0 Å². The quantitative estimate of drug-likeness (QED) is 0.814. The molecule has 25 heavy (non-hydrogen) atoms. The van der Waals surface area contributed by atoms with E-state index in [1.54, 1.807) is 38.1 Å². The summed E-state index contributed by atoms with van der Waals surface area (Å²) in [5.74, 6) is -2.03. The number of hydrogen-bond donors (Lipinski definition) is 2. The molecule has 2 rings (SSSR count). The molecule has 1 atom stereocenters. The standard InChI is InChI=1S/C17H18ClN3O4/c1-10(2)16(17(24)25)19-14(22)9-21-15(23)8-7-13(20-21)11-5-3-4-6-12(11)18/h3-8,10,16H,9H2,1-2H3,(H,19,22)(H,24,25). The molecule has 0 saturated heterocycles. The van der Waals surface area contributed by atoms with Gasteiger partial charge >= 0.3 is 5.97 Å². The number of aliphatic carboxylic acids is 1. The fourth-order valence-electron chi connectivity index (χ4n) is 2.24. The summed E-state index contributed by atoms with van der Waals surface area (Å²) in [4.78, 5) is 35.2. The SMILES string of the molecule is CC(C)C(NC(=O)Cn1nc(-c2ccccc2Cl)ccc1=O)C(=O)O. The van der Waals surface area contributed by atoms with Crippen LogP contribution < -0.4 is 10.9 Å². The summed E-state index contributed by atoms with van der Waals surface area (Å²) in [5, 5.41) is 16.1. The molecule has 0 aliphatic carbocycles. The largest absolute Gasteiger partial charge is 0.480 e. The normalized spacial score (nSPS) is 12.0. The minimum Gasteiger partial charge on any atom is -0.480 e. The lowest BCUT2D eigenvalue weighted by atomic mass is 10.1. The summed E-state index contributed by atoms with van der Waals surface area (Å²) >= 11 is 6.12. The molecule has 2 aromatic rings. The third kappa shape index (κ3) is 4.67. The molecule has 1 aromatic carbocycles. The molecular formula is C17H18ClN3O4. The van der Waals surface area contributed by atoms with Crippen LogP contribution in [-0.4, -0.2) is 32.8 Å². The molecule has 132 valence electrons. The van der Waals surface area contributed by atoms with Crippen LogP contribution in [0.15, 0.2) is 41.2 Å². The van der Waals surface area contributed by atoms with Crippen LogP contribution in [0.2, 0.25) is 5.02 Å². The highest BCUT2D eigenvalue weighted by Gasteiger charge is 2.23. The molecule has 1 aromatic heterocycles. The minimum atomic E-state index is -1.13. The smallest absolute Gasteiger partial charge is 0.326 e. The van der Waals surface area contributed by atoms with Crippen LogP contribution in [0.1, 0.15) is 13.8 Å². The van der Waals surface area contributed by atoms with E-state index in [-0.39, 0.29) is 12.5 Å². The van der Waals surface area contributed by atoms with Gasteiger partial charge in [-0.05, 0) is 18.1 Å². The first-order valence-corrected chi connectivity index (χ1v) is 8.02. The van der Waals surface area contributed by atoms with E-state index in [0.29, 0.717) is 16.3 Å². The Balaban J connectivity index is 2.24. The molecule has 2 N–H and O–H groups in total. The number of hydrogen-bond acceptors (Lipinski definition) is 4. The molecule has 1 heterocycles. The molecule has 0 aliphatic rings. The Labute approximate surface area is 149 Å². The summed E-state index contributed by atoms with van der Waals surface area (Å²) in [6.45, 7) is 2.98. The number of rotatable bonds is 6. The topological polar surface area (TPSA) is 101 Å². The van der Waals surface area contributed by atoms with E-state index >= 15 is 0 Å². The fourth-order valence-corrected chi connectivity index (χ4v) is 2.48. The third-order valence-electron chi connectivity index (χ3n) is 3.56. The van der Waals surface area contributed by atoms with Gasteiger partial charge in [-0.3, -0.25) is 9.59 Å². The van der Waals surface area contributed by atoms with E-state index in [1.807, 2.05) is 0 Å².